The van der Waals surface area contributed by atoms with Crippen molar-refractivity contribution in [1.29, 1.82) is 0 Å². The minimum absolute atomic E-state index is 0.0120. The van der Waals surface area contributed by atoms with E-state index in [4.69, 9.17) is 5.73 Å². The zero-order valence-corrected chi connectivity index (χ0v) is 12.2. The number of aryl methyl sites for hydroxylation is 1. The average Bonchev–Trinajstić information content (AvgIpc) is 2.87. The summed E-state index contributed by atoms with van der Waals surface area (Å²) in [5.74, 6) is -0.234. The van der Waals surface area contributed by atoms with Crippen molar-refractivity contribution in [1.82, 2.24) is 4.57 Å². The fraction of sp³-hybridized carbons (Fsp3) is 0.125. The van der Waals surface area contributed by atoms with Crippen LogP contribution in [0.5, 0.6) is 5.75 Å². The van der Waals surface area contributed by atoms with Gasteiger partial charge in [-0.25, -0.2) is 9.13 Å². The molecule has 0 saturated carbocycles. The number of nitrogens with zero attached hydrogens (tertiary/aromatic N) is 2. The molecule has 0 spiro atoms. The van der Waals surface area contributed by atoms with Crippen molar-refractivity contribution in [3.63, 3.8) is 0 Å². The van der Waals surface area contributed by atoms with Crippen molar-refractivity contribution >= 4 is 28.1 Å². The summed E-state index contributed by atoms with van der Waals surface area (Å²) in [6.45, 7) is 0.169. The average molecular weight is 297 g/mol. The quantitative estimate of drug-likeness (QED) is 0.388. The summed E-state index contributed by atoms with van der Waals surface area (Å²) in [4.78, 5) is 12.1. The lowest BCUT2D eigenvalue weighted by atomic mass is 10.1. The Bertz CT molecular complexity index is 854. The lowest BCUT2D eigenvalue weighted by molar-refractivity contribution is -0.671. The minimum Gasteiger partial charge on any atom is -0.505 e. The van der Waals surface area contributed by atoms with Crippen LogP contribution in [-0.2, 0) is 18.4 Å². The zero-order valence-electron chi connectivity index (χ0n) is 12.2. The van der Waals surface area contributed by atoms with E-state index in [2.05, 4.69) is 5.32 Å². The molecule has 0 aliphatic rings. The van der Waals surface area contributed by atoms with Crippen LogP contribution in [0.2, 0.25) is 0 Å². The summed E-state index contributed by atoms with van der Waals surface area (Å²) in [6.07, 6.45) is 5.46. The number of nitrogens with two attached hydrogens (primary N) is 1. The van der Waals surface area contributed by atoms with Gasteiger partial charge in [0.15, 0.2) is 6.54 Å². The van der Waals surface area contributed by atoms with Crippen molar-refractivity contribution in [2.24, 2.45) is 7.05 Å². The molecule has 0 fully saturated rings. The first-order valence-corrected chi connectivity index (χ1v) is 6.85. The van der Waals surface area contributed by atoms with Crippen LogP contribution < -0.4 is 15.6 Å². The van der Waals surface area contributed by atoms with E-state index in [1.165, 1.54) is 0 Å². The second kappa shape index (κ2) is 5.40. The number of imidazole rings is 1. The molecule has 1 heterocycles. The predicted molar refractivity (Wildman–Crippen MR) is 84.3 cm³/mol. The van der Waals surface area contributed by atoms with Crippen molar-refractivity contribution < 1.29 is 14.5 Å². The number of anilines is 2. The number of nitrogen functional groups attached to an aromatic ring is 1. The number of rotatable bonds is 3. The number of phenols is 1. The Morgan fingerprint density at radius 1 is 1.36 bits per heavy atom. The maximum absolute atomic E-state index is 12.1. The first-order valence-electron chi connectivity index (χ1n) is 6.85. The molecule has 3 aromatic rings. The molecular weight excluding hydrogens is 280 g/mol. The highest BCUT2D eigenvalue weighted by Crippen LogP contribution is 2.36. The van der Waals surface area contributed by atoms with Gasteiger partial charge in [-0.2, -0.15) is 0 Å². The fourth-order valence-corrected chi connectivity index (χ4v) is 2.44. The Hall–Kier alpha value is -3.02. The predicted octanol–water partition coefficient (Wildman–Crippen LogP) is 1.39. The highest BCUT2D eigenvalue weighted by Gasteiger charge is 2.13. The van der Waals surface area contributed by atoms with Gasteiger partial charge < -0.3 is 16.2 Å². The zero-order chi connectivity index (χ0) is 15.7. The van der Waals surface area contributed by atoms with E-state index in [0.717, 1.165) is 5.39 Å². The van der Waals surface area contributed by atoms with Crippen LogP contribution in [0.15, 0.2) is 49.1 Å². The van der Waals surface area contributed by atoms with Crippen molar-refractivity contribution in [3.05, 3.63) is 49.1 Å². The van der Waals surface area contributed by atoms with Gasteiger partial charge in [-0.3, -0.25) is 4.79 Å². The van der Waals surface area contributed by atoms with Gasteiger partial charge in [-0.1, -0.05) is 18.2 Å². The minimum atomic E-state index is -0.222. The third-order valence-corrected chi connectivity index (χ3v) is 3.47. The summed E-state index contributed by atoms with van der Waals surface area (Å²) in [5.41, 5.74) is 6.73. The van der Waals surface area contributed by atoms with Gasteiger partial charge in [0.25, 0.3) is 5.91 Å². The van der Waals surface area contributed by atoms with E-state index in [-0.39, 0.29) is 18.2 Å². The number of amides is 1. The van der Waals surface area contributed by atoms with E-state index >= 15 is 0 Å². The number of hydrogen-bond acceptors (Lipinski definition) is 3. The molecule has 0 aliphatic heterocycles. The summed E-state index contributed by atoms with van der Waals surface area (Å²) in [7, 11) is 1.88. The Morgan fingerprint density at radius 3 is 2.91 bits per heavy atom. The monoisotopic (exact) mass is 297 g/mol. The standard InChI is InChI=1S/C16H16N4O2/c1-19-7-8-20(10-19)9-14(21)18-13-6-5-11-3-2-4-12(17)15(11)16(13)22/h2-8,10H,9,17H2,1H3,(H-,18,21,22)/p+1. The summed E-state index contributed by atoms with van der Waals surface area (Å²) in [5, 5.41) is 14.4. The summed E-state index contributed by atoms with van der Waals surface area (Å²) in [6, 6.07) is 8.88. The Balaban J connectivity index is 1.86. The number of carbonyl (C=O) groups is 1. The van der Waals surface area contributed by atoms with E-state index in [1.54, 1.807) is 29.2 Å². The molecule has 0 radical (unpaired) electrons. The number of carbonyl (C=O) groups excluding carboxylic acids is 1. The molecule has 1 aromatic heterocycles. The number of nitrogens with one attached hydrogen (secondary N) is 1. The van der Waals surface area contributed by atoms with Gasteiger partial charge in [-0.05, 0) is 17.5 Å². The van der Waals surface area contributed by atoms with Crippen LogP contribution in [-0.4, -0.2) is 15.6 Å². The molecule has 3 rings (SSSR count). The number of aromatic nitrogens is 2. The van der Waals surface area contributed by atoms with Gasteiger partial charge >= 0.3 is 0 Å². The molecule has 6 heteroatoms. The Kier molecular flexibility index (Phi) is 3.42. The lowest BCUT2D eigenvalue weighted by Crippen LogP contribution is -2.25. The molecule has 0 aliphatic carbocycles. The highest BCUT2D eigenvalue weighted by molar-refractivity contribution is 6.04. The first kappa shape index (κ1) is 13.9. The first-order chi connectivity index (χ1) is 10.5. The van der Waals surface area contributed by atoms with Crippen LogP contribution >= 0.6 is 0 Å². The van der Waals surface area contributed by atoms with Crippen LogP contribution in [0, 0.1) is 0 Å². The van der Waals surface area contributed by atoms with E-state index in [1.807, 2.05) is 36.0 Å². The third-order valence-electron chi connectivity index (χ3n) is 3.47. The largest absolute Gasteiger partial charge is 0.505 e. The van der Waals surface area contributed by atoms with Crippen molar-refractivity contribution in [2.45, 2.75) is 6.54 Å². The van der Waals surface area contributed by atoms with E-state index in [0.29, 0.717) is 16.8 Å². The number of fused-ring (bicyclic) bond motifs is 1. The molecule has 6 nitrogen and oxygen atoms in total. The normalized spacial score (nSPS) is 10.8. The maximum Gasteiger partial charge on any atom is 0.266 e. The summed E-state index contributed by atoms with van der Waals surface area (Å²) < 4.78 is 3.60. The number of hydrogen-bond donors (Lipinski definition) is 3. The Labute approximate surface area is 127 Å². The van der Waals surface area contributed by atoms with Gasteiger partial charge in [0.05, 0.1) is 12.7 Å². The lowest BCUT2D eigenvalue weighted by Gasteiger charge is -2.10. The van der Waals surface area contributed by atoms with Gasteiger partial charge in [-0.15, -0.1) is 0 Å². The summed E-state index contributed by atoms with van der Waals surface area (Å²) >= 11 is 0. The van der Waals surface area contributed by atoms with Gasteiger partial charge in [0.2, 0.25) is 6.33 Å². The molecular formula is C16H17N4O2+. The van der Waals surface area contributed by atoms with Crippen LogP contribution in [0.1, 0.15) is 0 Å². The molecule has 0 bridgehead atoms. The van der Waals surface area contributed by atoms with Gasteiger partial charge in [0.1, 0.15) is 18.1 Å². The number of phenolic OH excluding ortho intramolecular Hbond substituents is 1. The second-order valence-corrected chi connectivity index (χ2v) is 5.21. The molecule has 0 atom stereocenters. The molecule has 0 unspecified atom stereocenters. The second-order valence-electron chi connectivity index (χ2n) is 5.21. The van der Waals surface area contributed by atoms with Crippen LogP contribution in [0.4, 0.5) is 11.4 Å². The molecule has 112 valence electrons. The molecule has 1 amide bonds. The Morgan fingerprint density at radius 2 is 2.18 bits per heavy atom. The number of benzene rings is 2. The maximum atomic E-state index is 12.1. The molecule has 2 aromatic carbocycles. The van der Waals surface area contributed by atoms with Crippen molar-refractivity contribution in [3.8, 4) is 5.75 Å². The molecule has 22 heavy (non-hydrogen) atoms. The topological polar surface area (TPSA) is 84.2 Å². The molecule has 0 saturated heterocycles. The van der Waals surface area contributed by atoms with Crippen LogP contribution in [0.3, 0.4) is 0 Å². The molecule has 4 N–H and O–H groups in total. The van der Waals surface area contributed by atoms with Crippen molar-refractivity contribution in [2.75, 3.05) is 11.1 Å². The van der Waals surface area contributed by atoms with Crippen LogP contribution in [0.25, 0.3) is 10.8 Å². The third kappa shape index (κ3) is 2.58. The fourth-order valence-electron chi connectivity index (χ4n) is 2.44. The van der Waals surface area contributed by atoms with E-state index < -0.39 is 0 Å². The SMILES string of the molecule is C[n+]1ccn(CC(=O)Nc2ccc3cccc(N)c3c2O)c1. The number of aromatic hydroxyl groups is 1. The van der Waals surface area contributed by atoms with E-state index in [9.17, 15) is 9.90 Å². The van der Waals surface area contributed by atoms with Gasteiger partial charge in [0, 0.05) is 11.1 Å². The highest BCUT2D eigenvalue weighted by atomic mass is 16.3. The smallest absolute Gasteiger partial charge is 0.266 e.